The van der Waals surface area contributed by atoms with Crippen molar-refractivity contribution in [2.24, 2.45) is 0 Å². The first-order chi connectivity index (χ1) is 11.5. The van der Waals surface area contributed by atoms with Crippen molar-refractivity contribution in [3.63, 3.8) is 0 Å². The van der Waals surface area contributed by atoms with Crippen molar-refractivity contribution in [2.75, 3.05) is 5.84 Å². The molecule has 0 aliphatic heterocycles. The molecular formula is C16H20ClN5OS. The van der Waals surface area contributed by atoms with Gasteiger partial charge in [0.15, 0.2) is 5.82 Å². The van der Waals surface area contributed by atoms with Crippen LogP contribution in [0.4, 0.5) is 0 Å². The smallest absolute Gasteiger partial charge is 0.233 e. The summed E-state index contributed by atoms with van der Waals surface area (Å²) in [6.45, 7) is 1.85. The van der Waals surface area contributed by atoms with Crippen molar-refractivity contribution >= 4 is 29.3 Å². The highest BCUT2D eigenvalue weighted by Gasteiger charge is 2.23. The molecule has 0 spiro atoms. The number of halogens is 1. The van der Waals surface area contributed by atoms with Crippen LogP contribution in [-0.4, -0.2) is 32.1 Å². The summed E-state index contributed by atoms with van der Waals surface area (Å²) in [5, 5.41) is 12.2. The van der Waals surface area contributed by atoms with Crippen LogP contribution in [0, 0.1) is 0 Å². The van der Waals surface area contributed by atoms with Crippen LogP contribution in [0.15, 0.2) is 29.4 Å². The van der Waals surface area contributed by atoms with E-state index in [9.17, 15) is 4.79 Å². The Morgan fingerprint density at radius 1 is 1.33 bits per heavy atom. The topological polar surface area (TPSA) is 85.8 Å². The normalized spacial score (nSPS) is 16.2. The number of carbonyl (C=O) groups excluding carboxylic acids is 1. The largest absolute Gasteiger partial charge is 0.352 e. The Kier molecular flexibility index (Phi) is 5.30. The van der Waals surface area contributed by atoms with Crippen LogP contribution in [0.3, 0.4) is 0 Å². The van der Waals surface area contributed by atoms with E-state index < -0.39 is 0 Å². The van der Waals surface area contributed by atoms with E-state index in [0.29, 0.717) is 22.0 Å². The van der Waals surface area contributed by atoms with E-state index in [1.807, 2.05) is 19.1 Å². The number of carbonyl (C=O) groups is 1. The fourth-order valence-electron chi connectivity index (χ4n) is 2.75. The molecule has 0 saturated heterocycles. The number of rotatable bonds is 5. The molecule has 128 valence electrons. The molecular weight excluding hydrogens is 346 g/mol. The zero-order valence-corrected chi connectivity index (χ0v) is 15.0. The third-order valence-corrected chi connectivity index (χ3v) is 5.43. The van der Waals surface area contributed by atoms with Gasteiger partial charge in [-0.05, 0) is 44.0 Å². The average Bonchev–Trinajstić information content (AvgIpc) is 3.19. The zero-order valence-electron chi connectivity index (χ0n) is 13.4. The van der Waals surface area contributed by atoms with Crippen molar-refractivity contribution in [1.82, 2.24) is 20.2 Å². The number of nitrogen functional groups attached to an aromatic ring is 1. The van der Waals surface area contributed by atoms with E-state index in [-0.39, 0.29) is 11.2 Å². The van der Waals surface area contributed by atoms with Gasteiger partial charge in [-0.25, -0.2) is 4.68 Å². The van der Waals surface area contributed by atoms with E-state index in [1.54, 1.807) is 12.1 Å². The Hall–Kier alpha value is -1.73. The van der Waals surface area contributed by atoms with Crippen molar-refractivity contribution < 1.29 is 4.79 Å². The van der Waals surface area contributed by atoms with Gasteiger partial charge < -0.3 is 11.2 Å². The van der Waals surface area contributed by atoms with Crippen molar-refractivity contribution in [1.29, 1.82) is 0 Å². The van der Waals surface area contributed by atoms with E-state index in [4.69, 9.17) is 17.4 Å². The molecule has 6 nitrogen and oxygen atoms in total. The summed E-state index contributed by atoms with van der Waals surface area (Å²) >= 11 is 7.20. The summed E-state index contributed by atoms with van der Waals surface area (Å²) in [7, 11) is 0. The van der Waals surface area contributed by atoms with E-state index in [0.717, 1.165) is 18.4 Å². The molecule has 1 fully saturated rings. The SMILES string of the molecule is C[C@H](Sc1nnc(-c2ccc(Cl)cc2)n1N)C(=O)NC1CCCC1. The van der Waals surface area contributed by atoms with Gasteiger partial charge in [-0.2, -0.15) is 0 Å². The lowest BCUT2D eigenvalue weighted by Gasteiger charge is -2.15. The Labute approximate surface area is 150 Å². The van der Waals surface area contributed by atoms with Gasteiger partial charge in [-0.15, -0.1) is 10.2 Å². The summed E-state index contributed by atoms with van der Waals surface area (Å²) in [4.78, 5) is 12.3. The number of nitrogens with two attached hydrogens (primary N) is 1. The fraction of sp³-hybridized carbons (Fsp3) is 0.438. The van der Waals surface area contributed by atoms with Crippen molar-refractivity contribution in [2.45, 2.75) is 49.1 Å². The third kappa shape index (κ3) is 3.84. The Balaban J connectivity index is 1.66. The molecule has 8 heteroatoms. The molecule has 0 radical (unpaired) electrons. The van der Waals surface area contributed by atoms with Gasteiger partial charge in [0.1, 0.15) is 0 Å². The average molecular weight is 366 g/mol. The van der Waals surface area contributed by atoms with Gasteiger partial charge >= 0.3 is 0 Å². The molecule has 1 saturated carbocycles. The molecule has 1 aliphatic rings. The highest BCUT2D eigenvalue weighted by Crippen LogP contribution is 2.26. The number of benzene rings is 1. The van der Waals surface area contributed by atoms with E-state index in [1.165, 1.54) is 29.3 Å². The number of hydrogen-bond donors (Lipinski definition) is 2. The highest BCUT2D eigenvalue weighted by atomic mass is 35.5. The minimum atomic E-state index is -0.282. The first-order valence-corrected chi connectivity index (χ1v) is 9.24. The molecule has 2 aromatic rings. The zero-order chi connectivity index (χ0) is 17.1. The second-order valence-electron chi connectivity index (χ2n) is 5.93. The maximum atomic E-state index is 12.3. The van der Waals surface area contributed by atoms with Crippen molar-refractivity contribution in [3.8, 4) is 11.4 Å². The standard InChI is InChI=1S/C16H20ClN5OS/c1-10(15(23)19-13-4-2-3-5-13)24-16-21-20-14(22(16)18)11-6-8-12(17)9-7-11/h6-10,13H,2-5,18H2,1H3,(H,19,23)/t10-/m0/s1. The van der Waals surface area contributed by atoms with Crippen LogP contribution in [0.1, 0.15) is 32.6 Å². The van der Waals surface area contributed by atoms with Crippen LogP contribution in [-0.2, 0) is 4.79 Å². The molecule has 1 atom stereocenters. The van der Waals surface area contributed by atoms with Crippen molar-refractivity contribution in [3.05, 3.63) is 29.3 Å². The maximum Gasteiger partial charge on any atom is 0.233 e. The first kappa shape index (κ1) is 17.1. The lowest BCUT2D eigenvalue weighted by atomic mass is 10.2. The monoisotopic (exact) mass is 365 g/mol. The van der Waals surface area contributed by atoms with E-state index >= 15 is 0 Å². The number of thioether (sulfide) groups is 1. The lowest BCUT2D eigenvalue weighted by Crippen LogP contribution is -2.37. The second kappa shape index (κ2) is 7.44. The summed E-state index contributed by atoms with van der Waals surface area (Å²) in [6.07, 6.45) is 4.51. The van der Waals surface area contributed by atoms with Gasteiger partial charge in [0, 0.05) is 16.6 Å². The summed E-state index contributed by atoms with van der Waals surface area (Å²) in [5.41, 5.74) is 0.823. The molecule has 1 aromatic carbocycles. The van der Waals surface area contributed by atoms with Gasteiger partial charge in [-0.3, -0.25) is 4.79 Å². The second-order valence-corrected chi connectivity index (χ2v) is 7.68. The Bertz CT molecular complexity index is 712. The predicted octanol–water partition coefficient (Wildman–Crippen LogP) is 2.85. The molecule has 0 unspecified atom stereocenters. The summed E-state index contributed by atoms with van der Waals surface area (Å²) in [5.74, 6) is 6.65. The molecule has 1 aliphatic carbocycles. The maximum absolute atomic E-state index is 12.3. The van der Waals surface area contributed by atoms with Crippen LogP contribution in [0.25, 0.3) is 11.4 Å². The summed E-state index contributed by atoms with van der Waals surface area (Å²) in [6, 6.07) is 7.52. The minimum Gasteiger partial charge on any atom is -0.352 e. The lowest BCUT2D eigenvalue weighted by molar-refractivity contribution is -0.120. The van der Waals surface area contributed by atoms with Crippen LogP contribution < -0.4 is 11.2 Å². The van der Waals surface area contributed by atoms with Gasteiger partial charge in [0.25, 0.3) is 0 Å². The predicted molar refractivity (Wildman–Crippen MR) is 96.3 cm³/mol. The Morgan fingerprint density at radius 2 is 2.00 bits per heavy atom. The minimum absolute atomic E-state index is 0.0166. The number of nitrogens with zero attached hydrogens (tertiary/aromatic N) is 3. The van der Waals surface area contributed by atoms with Crippen LogP contribution in [0.5, 0.6) is 0 Å². The van der Waals surface area contributed by atoms with Gasteiger partial charge in [-0.1, -0.05) is 36.2 Å². The van der Waals surface area contributed by atoms with Gasteiger partial charge in [0.05, 0.1) is 5.25 Å². The fourth-order valence-corrected chi connectivity index (χ4v) is 3.66. The summed E-state index contributed by atoms with van der Waals surface area (Å²) < 4.78 is 1.41. The van der Waals surface area contributed by atoms with E-state index in [2.05, 4.69) is 15.5 Å². The molecule has 3 N–H and O–H groups in total. The molecule has 1 amide bonds. The number of hydrogen-bond acceptors (Lipinski definition) is 5. The van der Waals surface area contributed by atoms with Crippen LogP contribution >= 0.6 is 23.4 Å². The quantitative estimate of drug-likeness (QED) is 0.628. The molecule has 3 rings (SSSR count). The third-order valence-electron chi connectivity index (χ3n) is 4.12. The highest BCUT2D eigenvalue weighted by molar-refractivity contribution is 8.00. The molecule has 1 heterocycles. The van der Waals surface area contributed by atoms with Gasteiger partial charge in [0.2, 0.25) is 11.1 Å². The number of amides is 1. The first-order valence-electron chi connectivity index (χ1n) is 7.98. The Morgan fingerprint density at radius 3 is 2.67 bits per heavy atom. The molecule has 1 aromatic heterocycles. The number of aromatic nitrogens is 3. The molecule has 24 heavy (non-hydrogen) atoms. The van der Waals surface area contributed by atoms with Crippen LogP contribution in [0.2, 0.25) is 5.02 Å². The number of nitrogens with one attached hydrogen (secondary N) is 1. The molecule has 0 bridgehead atoms.